The maximum Gasteiger partial charge on any atom is 0.327 e. The van der Waals surface area contributed by atoms with Gasteiger partial charge in [-0.2, -0.15) is 0 Å². The van der Waals surface area contributed by atoms with Crippen LogP contribution in [-0.2, 0) is 25.7 Å². The van der Waals surface area contributed by atoms with Crippen molar-refractivity contribution in [2.24, 2.45) is 11.8 Å². The molecule has 0 radical (unpaired) electrons. The van der Waals surface area contributed by atoms with Crippen molar-refractivity contribution in [3.05, 3.63) is 65.7 Å². The Morgan fingerprint density at radius 2 is 1.73 bits per heavy atom. The van der Waals surface area contributed by atoms with Gasteiger partial charge in [-0.25, -0.2) is 0 Å². The van der Waals surface area contributed by atoms with E-state index in [9.17, 15) is 29.4 Å². The van der Waals surface area contributed by atoms with Gasteiger partial charge in [-0.1, -0.05) is 42.5 Å². The van der Waals surface area contributed by atoms with Gasteiger partial charge in [-0.3, -0.25) is 29.4 Å². The van der Waals surface area contributed by atoms with Crippen LogP contribution in [0.1, 0.15) is 31.0 Å². The summed E-state index contributed by atoms with van der Waals surface area (Å²) in [5.41, 5.74) is -0.776. The van der Waals surface area contributed by atoms with E-state index in [2.05, 4.69) is 5.32 Å². The molecule has 3 N–H and O–H groups in total. The van der Waals surface area contributed by atoms with Crippen LogP contribution < -0.4 is 10.1 Å². The van der Waals surface area contributed by atoms with Crippen LogP contribution in [0.15, 0.2) is 54.6 Å². The molecule has 9 heteroatoms. The van der Waals surface area contributed by atoms with E-state index in [1.165, 1.54) is 26.0 Å². The van der Waals surface area contributed by atoms with Crippen LogP contribution in [-0.4, -0.2) is 50.5 Å². The molecule has 5 atom stereocenters. The van der Waals surface area contributed by atoms with Crippen LogP contribution in [0.25, 0.3) is 0 Å². The first-order valence-electron chi connectivity index (χ1n) is 10.5. The molecule has 2 heterocycles. The SMILES string of the molecule is CC(=O)Oc1ccc(C2NC(C(=O)O)(C(C)O)C3C(=O)N(Cc4ccccc4)C(=O)C23)cc1. The lowest BCUT2D eigenvalue weighted by Gasteiger charge is -2.33. The van der Waals surface area contributed by atoms with Gasteiger partial charge in [-0.05, 0) is 30.2 Å². The van der Waals surface area contributed by atoms with E-state index >= 15 is 0 Å². The summed E-state index contributed by atoms with van der Waals surface area (Å²) < 4.78 is 5.03. The fraction of sp³-hybridized carbons (Fsp3) is 0.333. The van der Waals surface area contributed by atoms with E-state index in [0.717, 1.165) is 10.5 Å². The van der Waals surface area contributed by atoms with Gasteiger partial charge in [0, 0.05) is 13.0 Å². The number of aliphatic hydroxyl groups excluding tert-OH is 1. The molecule has 0 spiro atoms. The zero-order valence-corrected chi connectivity index (χ0v) is 18.1. The Morgan fingerprint density at radius 1 is 1.09 bits per heavy atom. The largest absolute Gasteiger partial charge is 0.480 e. The quantitative estimate of drug-likeness (QED) is 0.339. The van der Waals surface area contributed by atoms with Crippen LogP contribution in [0.5, 0.6) is 5.75 Å². The number of hydrogen-bond acceptors (Lipinski definition) is 7. The molecule has 2 aromatic rings. The topological polar surface area (TPSA) is 133 Å². The van der Waals surface area contributed by atoms with Gasteiger partial charge in [0.2, 0.25) is 11.8 Å². The number of fused-ring (bicyclic) bond motifs is 1. The summed E-state index contributed by atoms with van der Waals surface area (Å²) in [4.78, 5) is 51.5. The third-order valence-electron chi connectivity index (χ3n) is 6.38. The number of nitrogens with one attached hydrogen (secondary N) is 1. The number of carbonyl (C=O) groups excluding carboxylic acids is 3. The van der Waals surface area contributed by atoms with Crippen molar-refractivity contribution in [2.45, 2.75) is 38.1 Å². The third kappa shape index (κ3) is 3.69. The molecule has 0 saturated carbocycles. The minimum Gasteiger partial charge on any atom is -0.480 e. The maximum atomic E-state index is 13.5. The molecular weight excluding hydrogens is 428 g/mol. The second-order valence-electron chi connectivity index (χ2n) is 8.39. The Kier molecular flexibility index (Phi) is 5.77. The number of rotatable bonds is 6. The van der Waals surface area contributed by atoms with Crippen LogP contribution in [0.4, 0.5) is 0 Å². The number of benzene rings is 2. The number of carbonyl (C=O) groups is 4. The molecule has 2 saturated heterocycles. The maximum absolute atomic E-state index is 13.5. The van der Waals surface area contributed by atoms with Crippen molar-refractivity contribution in [2.75, 3.05) is 0 Å². The number of imide groups is 1. The number of likely N-dealkylation sites (tertiary alicyclic amines) is 1. The zero-order valence-electron chi connectivity index (χ0n) is 18.1. The van der Waals surface area contributed by atoms with Gasteiger partial charge in [0.05, 0.1) is 24.5 Å². The summed E-state index contributed by atoms with van der Waals surface area (Å²) in [5.74, 6) is -5.05. The number of carboxylic acid groups (broad SMARTS) is 1. The van der Waals surface area contributed by atoms with E-state index in [4.69, 9.17) is 4.74 Å². The number of aliphatic carboxylic acids is 1. The van der Waals surface area contributed by atoms with Gasteiger partial charge < -0.3 is 14.9 Å². The van der Waals surface area contributed by atoms with Crippen LogP contribution in [0.3, 0.4) is 0 Å². The number of nitrogens with zero attached hydrogens (tertiary/aromatic N) is 1. The predicted molar refractivity (Wildman–Crippen MR) is 115 cm³/mol. The zero-order chi connectivity index (χ0) is 23.9. The Labute approximate surface area is 190 Å². The van der Waals surface area contributed by atoms with Crippen LogP contribution >= 0.6 is 0 Å². The summed E-state index contributed by atoms with van der Waals surface area (Å²) in [5, 5.41) is 23.5. The molecule has 5 unspecified atom stereocenters. The highest BCUT2D eigenvalue weighted by Crippen LogP contribution is 2.50. The van der Waals surface area contributed by atoms with Crippen molar-refractivity contribution in [1.82, 2.24) is 10.2 Å². The first-order valence-corrected chi connectivity index (χ1v) is 10.5. The fourth-order valence-electron chi connectivity index (χ4n) is 4.88. The molecule has 2 aliphatic rings. The Hall–Kier alpha value is -3.56. The van der Waals surface area contributed by atoms with Crippen molar-refractivity contribution < 1.29 is 34.1 Å². The molecular formula is C24H24N2O7. The van der Waals surface area contributed by atoms with Gasteiger partial charge >= 0.3 is 11.9 Å². The molecule has 4 rings (SSSR count). The van der Waals surface area contributed by atoms with Crippen LogP contribution in [0, 0.1) is 11.8 Å². The average molecular weight is 452 g/mol. The molecule has 0 aromatic heterocycles. The van der Waals surface area contributed by atoms with Crippen LogP contribution in [0.2, 0.25) is 0 Å². The second kappa shape index (κ2) is 8.42. The van der Waals surface area contributed by atoms with Crippen molar-refractivity contribution in [3.63, 3.8) is 0 Å². The first-order chi connectivity index (χ1) is 15.7. The number of ether oxygens (including phenoxy) is 1. The van der Waals surface area contributed by atoms with E-state index in [1.807, 2.05) is 6.07 Å². The molecule has 33 heavy (non-hydrogen) atoms. The summed E-state index contributed by atoms with van der Waals surface area (Å²) in [6, 6.07) is 14.3. The van der Waals surface area contributed by atoms with E-state index in [1.54, 1.807) is 36.4 Å². The monoisotopic (exact) mass is 452 g/mol. The molecule has 2 amide bonds. The van der Waals surface area contributed by atoms with E-state index in [0.29, 0.717) is 11.3 Å². The first kappa shape index (κ1) is 22.6. The summed E-state index contributed by atoms with van der Waals surface area (Å²) in [6.07, 6.45) is -1.46. The number of carboxylic acids is 1. The lowest BCUT2D eigenvalue weighted by atomic mass is 9.76. The summed E-state index contributed by atoms with van der Waals surface area (Å²) >= 11 is 0. The molecule has 0 aliphatic carbocycles. The molecule has 2 fully saturated rings. The highest BCUT2D eigenvalue weighted by molar-refractivity contribution is 6.09. The standard InChI is InChI=1S/C24H24N2O7/c1-13(27)24(23(31)32)19-18(20(25-24)16-8-10-17(11-9-16)33-14(2)28)21(29)26(22(19)30)12-15-6-4-3-5-7-15/h3-11,13,18-20,25,27H,12H2,1-2H3,(H,31,32). The fourth-order valence-corrected chi connectivity index (χ4v) is 4.88. The Balaban J connectivity index is 1.75. The lowest BCUT2D eigenvalue weighted by molar-refractivity contribution is -0.157. The van der Waals surface area contributed by atoms with Gasteiger partial charge in [-0.15, -0.1) is 0 Å². The highest BCUT2D eigenvalue weighted by Gasteiger charge is 2.70. The van der Waals surface area contributed by atoms with E-state index < -0.39 is 53.3 Å². The van der Waals surface area contributed by atoms with Crippen molar-refractivity contribution in [1.29, 1.82) is 0 Å². The summed E-state index contributed by atoms with van der Waals surface area (Å²) in [6.45, 7) is 2.58. The summed E-state index contributed by atoms with van der Waals surface area (Å²) in [7, 11) is 0. The van der Waals surface area contributed by atoms with Gasteiger partial charge in [0.1, 0.15) is 5.75 Å². The molecule has 172 valence electrons. The smallest absolute Gasteiger partial charge is 0.327 e. The number of amides is 2. The number of aliphatic hydroxyl groups is 1. The minimum absolute atomic E-state index is 0.0130. The lowest BCUT2D eigenvalue weighted by Crippen LogP contribution is -2.62. The van der Waals surface area contributed by atoms with Crippen molar-refractivity contribution >= 4 is 23.8 Å². The number of esters is 1. The van der Waals surface area contributed by atoms with E-state index in [-0.39, 0.29) is 6.54 Å². The predicted octanol–water partition coefficient (Wildman–Crippen LogP) is 1.26. The molecule has 2 aliphatic heterocycles. The van der Waals surface area contributed by atoms with Gasteiger partial charge in [0.25, 0.3) is 0 Å². The normalized spacial score (nSPS) is 27.4. The molecule has 9 nitrogen and oxygen atoms in total. The second-order valence-corrected chi connectivity index (χ2v) is 8.39. The third-order valence-corrected chi connectivity index (χ3v) is 6.38. The highest BCUT2D eigenvalue weighted by atomic mass is 16.5. The Morgan fingerprint density at radius 3 is 2.27 bits per heavy atom. The van der Waals surface area contributed by atoms with Crippen molar-refractivity contribution in [3.8, 4) is 5.75 Å². The molecule has 2 aromatic carbocycles. The van der Waals surface area contributed by atoms with Gasteiger partial charge in [0.15, 0.2) is 5.54 Å². The minimum atomic E-state index is -2.04. The Bertz CT molecular complexity index is 1100. The molecule has 0 bridgehead atoms. The average Bonchev–Trinajstić information content (AvgIpc) is 3.25. The number of hydrogen-bond donors (Lipinski definition) is 3.